The smallest absolute Gasteiger partial charge is 0.347 e. The van der Waals surface area contributed by atoms with Crippen molar-refractivity contribution in [3.8, 4) is 0 Å². The molecular formula is C24H24F5N9O2. The van der Waals surface area contributed by atoms with E-state index in [1.165, 1.54) is 35.3 Å². The maximum absolute atomic E-state index is 14.5. The molecular weight excluding hydrogens is 541 g/mol. The Balaban J connectivity index is 1.20. The second-order valence-electron chi connectivity index (χ2n) is 8.86. The summed E-state index contributed by atoms with van der Waals surface area (Å²) < 4.78 is 68.8. The number of aryl methyl sites for hydroxylation is 1. The number of hydrogen-bond donors (Lipinski definition) is 2. The lowest BCUT2D eigenvalue weighted by atomic mass is 10.1. The first-order valence-corrected chi connectivity index (χ1v) is 12.1. The van der Waals surface area contributed by atoms with Gasteiger partial charge >= 0.3 is 6.18 Å². The highest BCUT2D eigenvalue weighted by atomic mass is 19.4. The highest BCUT2D eigenvalue weighted by Crippen LogP contribution is 2.29. The Labute approximate surface area is 224 Å². The minimum Gasteiger partial charge on any atom is -0.347 e. The molecule has 0 saturated carbocycles. The van der Waals surface area contributed by atoms with Gasteiger partial charge in [0.15, 0.2) is 11.4 Å². The Morgan fingerprint density at radius 3 is 2.38 bits per heavy atom. The molecule has 11 nitrogen and oxygen atoms in total. The molecule has 0 saturated heterocycles. The first-order chi connectivity index (χ1) is 19.1. The number of carbonyl (C=O) groups excluding carboxylic acids is 2. The molecule has 0 bridgehead atoms. The van der Waals surface area contributed by atoms with Crippen molar-refractivity contribution in [2.24, 2.45) is 4.99 Å². The average molecular weight is 566 g/mol. The van der Waals surface area contributed by atoms with E-state index in [1.54, 1.807) is 6.07 Å². The molecule has 0 radical (unpaired) electrons. The van der Waals surface area contributed by atoms with E-state index in [0.717, 1.165) is 10.8 Å². The zero-order chi connectivity index (χ0) is 28.7. The van der Waals surface area contributed by atoms with Crippen molar-refractivity contribution in [2.45, 2.75) is 44.8 Å². The summed E-state index contributed by atoms with van der Waals surface area (Å²) in [5.41, 5.74) is -0.164. The van der Waals surface area contributed by atoms with Gasteiger partial charge in [-0.25, -0.2) is 13.5 Å². The Morgan fingerprint density at radius 1 is 1.00 bits per heavy atom. The summed E-state index contributed by atoms with van der Waals surface area (Å²) in [6, 6.07) is 5.77. The minimum atomic E-state index is -4.45. The van der Waals surface area contributed by atoms with E-state index in [9.17, 15) is 31.5 Å². The molecule has 1 aromatic carbocycles. The van der Waals surface area contributed by atoms with Gasteiger partial charge in [0, 0.05) is 31.6 Å². The fourth-order valence-corrected chi connectivity index (χ4v) is 3.72. The van der Waals surface area contributed by atoms with Gasteiger partial charge < -0.3 is 10.6 Å². The van der Waals surface area contributed by atoms with Gasteiger partial charge in [0.1, 0.15) is 12.0 Å². The fraction of sp³-hybridized carbons (Fsp3) is 0.375. The molecule has 0 fully saturated rings. The highest BCUT2D eigenvalue weighted by molar-refractivity contribution is 6.01. The molecule has 1 aliphatic rings. The summed E-state index contributed by atoms with van der Waals surface area (Å²) in [5.74, 6) is -1.63. The van der Waals surface area contributed by atoms with Crippen LogP contribution in [0.15, 0.2) is 53.3 Å². The maximum Gasteiger partial charge on any atom is 0.412 e. The van der Waals surface area contributed by atoms with Crippen LogP contribution < -0.4 is 10.6 Å². The van der Waals surface area contributed by atoms with Gasteiger partial charge in [-0.15, -0.1) is 10.2 Å². The van der Waals surface area contributed by atoms with Crippen LogP contribution >= 0.6 is 0 Å². The number of nitrogens with one attached hydrogen (secondary N) is 2. The summed E-state index contributed by atoms with van der Waals surface area (Å²) in [6.45, 7) is -0.272. The van der Waals surface area contributed by atoms with Gasteiger partial charge in [0.2, 0.25) is 0 Å². The monoisotopic (exact) mass is 565 g/mol. The molecule has 0 aliphatic carbocycles. The summed E-state index contributed by atoms with van der Waals surface area (Å²) >= 11 is 0. The minimum absolute atomic E-state index is 0.0111. The lowest BCUT2D eigenvalue weighted by Gasteiger charge is -2.16. The molecule has 16 heteroatoms. The molecule has 2 aromatic heterocycles. The van der Waals surface area contributed by atoms with Crippen LogP contribution in [0.4, 0.5) is 22.0 Å². The third kappa shape index (κ3) is 8.00. The number of nitrogens with zero attached hydrogens (tertiary/aromatic N) is 7. The molecule has 1 atom stereocenters. The Morgan fingerprint density at radius 2 is 1.68 bits per heavy atom. The number of aliphatic imine (C=N–C) groups is 1. The summed E-state index contributed by atoms with van der Waals surface area (Å²) in [5, 5.41) is 20.0. The van der Waals surface area contributed by atoms with Crippen molar-refractivity contribution < 1.29 is 31.5 Å². The molecule has 3 heterocycles. The topological polar surface area (TPSA) is 132 Å². The second-order valence-corrected chi connectivity index (χ2v) is 8.86. The van der Waals surface area contributed by atoms with Crippen molar-refractivity contribution in [1.29, 1.82) is 0 Å². The van der Waals surface area contributed by atoms with Crippen molar-refractivity contribution in [1.82, 2.24) is 40.6 Å². The van der Waals surface area contributed by atoms with Crippen LogP contribution in [0.25, 0.3) is 0 Å². The van der Waals surface area contributed by atoms with E-state index in [0.29, 0.717) is 5.56 Å². The van der Waals surface area contributed by atoms with Crippen LogP contribution in [0.5, 0.6) is 0 Å². The predicted octanol–water partition coefficient (Wildman–Crippen LogP) is 2.43. The SMILES string of the molecule is O=C(NCc1cccc(F)c1)c1cn(CCC(F)Cn2cc(C(=O)NCC3=NCCC(C(F)(F)F)=C3)nn2)nn1. The highest BCUT2D eigenvalue weighted by Gasteiger charge is 2.34. The zero-order valence-corrected chi connectivity index (χ0v) is 20.9. The normalized spacial score (nSPS) is 14.3. The molecule has 0 spiro atoms. The van der Waals surface area contributed by atoms with Crippen LogP contribution in [0.2, 0.25) is 0 Å². The number of benzene rings is 1. The molecule has 4 rings (SSSR count). The first kappa shape index (κ1) is 28.5. The molecule has 2 amide bonds. The average Bonchev–Trinajstić information content (AvgIpc) is 3.59. The molecule has 3 aromatic rings. The van der Waals surface area contributed by atoms with Gasteiger partial charge in [-0.2, -0.15) is 13.2 Å². The van der Waals surface area contributed by atoms with E-state index in [4.69, 9.17) is 0 Å². The van der Waals surface area contributed by atoms with Crippen LogP contribution in [-0.4, -0.2) is 73.0 Å². The van der Waals surface area contributed by atoms with Gasteiger partial charge in [-0.1, -0.05) is 22.6 Å². The van der Waals surface area contributed by atoms with E-state index < -0.39 is 35.6 Å². The van der Waals surface area contributed by atoms with Gasteiger partial charge in [0.25, 0.3) is 11.8 Å². The van der Waals surface area contributed by atoms with Crippen LogP contribution in [0, 0.1) is 5.82 Å². The van der Waals surface area contributed by atoms with E-state index in [2.05, 4.69) is 36.3 Å². The van der Waals surface area contributed by atoms with Crippen LogP contribution in [0.3, 0.4) is 0 Å². The maximum atomic E-state index is 14.5. The second kappa shape index (κ2) is 12.6. The van der Waals surface area contributed by atoms with Gasteiger partial charge in [0.05, 0.1) is 31.2 Å². The van der Waals surface area contributed by atoms with Crippen LogP contribution in [0.1, 0.15) is 39.4 Å². The first-order valence-electron chi connectivity index (χ1n) is 12.1. The standard InChI is InChI=1S/C24H24F5N9O2/c25-17-3-1-2-15(8-17)10-31-22(39)20-13-37(35-33-20)7-5-18(26)12-38-14-21(34-36-38)23(40)32-11-19-9-16(4-6-30-19)24(27,28)29/h1-3,8-9,13-14,18H,4-7,10-12H2,(H,31,39)(H,32,40). The zero-order valence-electron chi connectivity index (χ0n) is 20.9. The van der Waals surface area contributed by atoms with Gasteiger partial charge in [-0.3, -0.25) is 19.3 Å². The fourth-order valence-electron chi connectivity index (χ4n) is 3.72. The quantitative estimate of drug-likeness (QED) is 0.344. The largest absolute Gasteiger partial charge is 0.412 e. The number of carbonyl (C=O) groups is 2. The van der Waals surface area contributed by atoms with E-state index >= 15 is 0 Å². The van der Waals surface area contributed by atoms with E-state index in [1.807, 2.05) is 0 Å². The number of alkyl halides is 4. The summed E-state index contributed by atoms with van der Waals surface area (Å²) in [4.78, 5) is 28.5. The Bertz CT molecular complexity index is 1410. The van der Waals surface area contributed by atoms with Crippen molar-refractivity contribution >= 4 is 17.5 Å². The lowest BCUT2D eigenvalue weighted by molar-refractivity contribution is -0.0938. The third-order valence-electron chi connectivity index (χ3n) is 5.77. The number of amides is 2. The number of rotatable bonds is 11. The summed E-state index contributed by atoms with van der Waals surface area (Å²) in [7, 11) is 0. The molecule has 212 valence electrons. The number of aromatic nitrogens is 6. The molecule has 1 aliphatic heterocycles. The van der Waals surface area contributed by atoms with Crippen molar-refractivity contribution in [3.63, 3.8) is 0 Å². The van der Waals surface area contributed by atoms with E-state index in [-0.39, 0.29) is 62.7 Å². The Hall–Kier alpha value is -4.50. The molecule has 2 N–H and O–H groups in total. The van der Waals surface area contributed by atoms with Gasteiger partial charge in [-0.05, 0) is 30.2 Å². The number of hydrogen-bond acceptors (Lipinski definition) is 7. The summed E-state index contributed by atoms with van der Waals surface area (Å²) in [6.07, 6.45) is -2.60. The van der Waals surface area contributed by atoms with Crippen molar-refractivity contribution in [2.75, 3.05) is 13.1 Å². The number of dihydropyridines is 1. The van der Waals surface area contributed by atoms with Crippen LogP contribution in [-0.2, 0) is 19.6 Å². The predicted molar refractivity (Wildman–Crippen MR) is 131 cm³/mol. The third-order valence-corrected chi connectivity index (χ3v) is 5.77. The lowest BCUT2D eigenvalue weighted by Crippen LogP contribution is -2.31. The Kier molecular flexibility index (Phi) is 8.96. The molecule has 1 unspecified atom stereocenters. The van der Waals surface area contributed by atoms with Crippen molar-refractivity contribution in [3.05, 3.63) is 71.1 Å². The number of halogens is 5. The molecule has 40 heavy (non-hydrogen) atoms.